The second kappa shape index (κ2) is 10.5. The molecule has 0 aliphatic heterocycles. The van der Waals surface area contributed by atoms with Crippen LogP contribution in [-0.2, 0) is 11.2 Å². The maximum atomic E-state index is 12.0. The number of nitrogens with zero attached hydrogens (tertiary/aromatic N) is 2. The van der Waals surface area contributed by atoms with Gasteiger partial charge in [0, 0.05) is 17.0 Å². The van der Waals surface area contributed by atoms with Crippen LogP contribution < -0.4 is 5.32 Å². The van der Waals surface area contributed by atoms with Crippen LogP contribution in [0, 0.1) is 15.5 Å². The summed E-state index contributed by atoms with van der Waals surface area (Å²) >= 11 is 0. The largest absolute Gasteiger partial charge is 0.448 e. The maximum Gasteiger partial charge on any atom is 0.411 e. The maximum absolute atomic E-state index is 12.0. The third-order valence-electron chi connectivity index (χ3n) is 3.61. The zero-order valence-corrected chi connectivity index (χ0v) is 18.5. The predicted octanol–water partition coefficient (Wildman–Crippen LogP) is 5.96. The lowest BCUT2D eigenvalue weighted by Crippen LogP contribution is -2.18. The van der Waals surface area contributed by atoms with Gasteiger partial charge in [0.2, 0.25) is 0 Å². The lowest BCUT2D eigenvalue weighted by molar-refractivity contribution is -0.385. The normalized spacial score (nSPS) is 12.3. The van der Waals surface area contributed by atoms with E-state index in [4.69, 9.17) is 4.74 Å². The minimum atomic E-state index is -0.500. The van der Waals surface area contributed by atoms with Crippen molar-refractivity contribution in [2.24, 2.45) is 5.41 Å². The van der Waals surface area contributed by atoms with Crippen LogP contribution in [0.4, 0.5) is 16.2 Å². The first-order valence-corrected chi connectivity index (χ1v) is 11.3. The molecule has 0 saturated heterocycles. The first-order valence-electron chi connectivity index (χ1n) is 9.09. The number of carbonyl (C=O) groups is 1. The highest BCUT2D eigenvalue weighted by Gasteiger charge is 2.13. The third kappa shape index (κ3) is 8.74. The Balaban J connectivity index is 1.72. The van der Waals surface area contributed by atoms with Gasteiger partial charge in [0.05, 0.1) is 4.92 Å². The molecular weight excluding hydrogens is 410 g/mol. The Hall–Kier alpha value is -2.26. The van der Waals surface area contributed by atoms with Gasteiger partial charge in [-0.2, -0.15) is 0 Å². The van der Waals surface area contributed by atoms with Gasteiger partial charge in [-0.1, -0.05) is 43.7 Å². The number of hydrogen-bond acceptors (Lipinski definition) is 7. The van der Waals surface area contributed by atoms with E-state index in [1.807, 2.05) is 31.2 Å². The Bertz CT molecular complexity index is 821. The summed E-state index contributed by atoms with van der Waals surface area (Å²) < 4.78 is 5.26. The molecule has 2 aromatic rings. The van der Waals surface area contributed by atoms with E-state index in [1.165, 1.54) is 39.4 Å². The summed E-state index contributed by atoms with van der Waals surface area (Å²) in [5.74, 6) is 0. The van der Waals surface area contributed by atoms with Crippen LogP contribution in [0.3, 0.4) is 0 Å². The van der Waals surface area contributed by atoms with E-state index in [1.54, 1.807) is 6.07 Å². The van der Waals surface area contributed by atoms with Crippen molar-refractivity contribution >= 4 is 39.1 Å². The fourth-order valence-electron chi connectivity index (χ4n) is 2.35. The minimum Gasteiger partial charge on any atom is -0.448 e. The van der Waals surface area contributed by atoms with Crippen molar-refractivity contribution in [3.63, 3.8) is 0 Å². The quantitative estimate of drug-likeness (QED) is 0.311. The molecule has 29 heavy (non-hydrogen) atoms. The van der Waals surface area contributed by atoms with Crippen LogP contribution in [0.1, 0.15) is 33.3 Å². The smallest absolute Gasteiger partial charge is 0.411 e. The monoisotopic (exact) mass is 435 g/mol. The zero-order valence-electron chi connectivity index (χ0n) is 16.9. The van der Waals surface area contributed by atoms with E-state index in [2.05, 4.69) is 31.1 Å². The summed E-state index contributed by atoms with van der Waals surface area (Å²) in [7, 11) is 2.86. The van der Waals surface area contributed by atoms with Crippen molar-refractivity contribution in [3.8, 4) is 0 Å². The summed E-state index contributed by atoms with van der Waals surface area (Å²) in [5.41, 5.74) is 2.08. The van der Waals surface area contributed by atoms with Gasteiger partial charge in [-0.25, -0.2) is 9.78 Å². The number of carbonyl (C=O) groups excluding carboxylic acids is 1. The first-order chi connectivity index (χ1) is 13.6. The summed E-state index contributed by atoms with van der Waals surface area (Å²) in [6, 6.07) is 10.8. The molecule has 9 heteroatoms. The fourth-order valence-corrected chi connectivity index (χ4v) is 4.21. The molecule has 0 aliphatic carbocycles. The van der Waals surface area contributed by atoms with Gasteiger partial charge in [0.15, 0.2) is 0 Å². The highest BCUT2D eigenvalue weighted by Crippen LogP contribution is 2.33. The van der Waals surface area contributed by atoms with Gasteiger partial charge in [-0.3, -0.25) is 15.4 Å². The Kier molecular flexibility index (Phi) is 8.33. The molecule has 7 nitrogen and oxygen atoms in total. The fraction of sp³-hybridized carbons (Fsp3) is 0.400. The predicted molar refractivity (Wildman–Crippen MR) is 118 cm³/mol. The van der Waals surface area contributed by atoms with Crippen molar-refractivity contribution in [2.75, 3.05) is 11.9 Å². The topological polar surface area (TPSA) is 94.4 Å². The summed E-state index contributed by atoms with van der Waals surface area (Å²) in [6.07, 6.45) is 1.69. The van der Waals surface area contributed by atoms with Gasteiger partial charge >= 0.3 is 6.09 Å². The standard InChI is InChI=1S/C20H25N3O4S2/c1-14(28-29-18-10-9-17(12-21-18)23(25)26)13-27-19(24)22-16-7-5-15(6-8-16)11-20(2,3)4/h5-10,12,14H,11,13H2,1-4H3,(H,22,24). The molecule has 1 aromatic carbocycles. The number of anilines is 1. The van der Waals surface area contributed by atoms with E-state index >= 15 is 0 Å². The van der Waals surface area contributed by atoms with Crippen molar-refractivity contribution in [2.45, 2.75) is 44.4 Å². The number of nitro groups is 1. The van der Waals surface area contributed by atoms with E-state index in [9.17, 15) is 14.9 Å². The second-order valence-electron chi connectivity index (χ2n) is 7.76. The Labute approximate surface area is 178 Å². The van der Waals surface area contributed by atoms with Crippen LogP contribution in [0.5, 0.6) is 0 Å². The Morgan fingerprint density at radius 2 is 1.93 bits per heavy atom. The molecule has 1 heterocycles. The summed E-state index contributed by atoms with van der Waals surface area (Å²) in [4.78, 5) is 26.2. The minimum absolute atomic E-state index is 0.0249. The number of pyridine rings is 1. The molecular formula is C20H25N3O4S2. The number of aromatic nitrogens is 1. The molecule has 0 saturated carbocycles. The molecule has 2 rings (SSSR count). The summed E-state index contributed by atoms with van der Waals surface area (Å²) in [5, 5.41) is 14.0. The average molecular weight is 436 g/mol. The van der Waals surface area contributed by atoms with Gasteiger partial charge < -0.3 is 4.74 Å². The molecule has 1 unspecified atom stereocenters. The first kappa shape index (κ1) is 23.0. The van der Waals surface area contributed by atoms with Gasteiger partial charge in [0.1, 0.15) is 17.8 Å². The molecule has 1 atom stereocenters. The second-order valence-corrected chi connectivity index (χ2v) is 10.4. The van der Waals surface area contributed by atoms with Crippen LogP contribution in [0.25, 0.3) is 0 Å². The molecule has 1 N–H and O–H groups in total. The van der Waals surface area contributed by atoms with Crippen molar-refractivity contribution in [1.82, 2.24) is 4.98 Å². The highest BCUT2D eigenvalue weighted by atomic mass is 33.1. The van der Waals surface area contributed by atoms with E-state index < -0.39 is 11.0 Å². The van der Waals surface area contributed by atoms with Crippen LogP contribution >= 0.6 is 21.6 Å². The number of hydrogen-bond donors (Lipinski definition) is 1. The van der Waals surface area contributed by atoms with Crippen molar-refractivity contribution in [3.05, 3.63) is 58.3 Å². The van der Waals surface area contributed by atoms with Crippen molar-refractivity contribution < 1.29 is 14.5 Å². The lowest BCUT2D eigenvalue weighted by Gasteiger charge is -2.18. The highest BCUT2D eigenvalue weighted by molar-refractivity contribution is 8.76. The molecule has 0 bridgehead atoms. The molecule has 0 fully saturated rings. The van der Waals surface area contributed by atoms with E-state index in [0.29, 0.717) is 10.7 Å². The molecule has 1 aromatic heterocycles. The molecule has 0 aliphatic rings. The molecule has 1 amide bonds. The van der Waals surface area contributed by atoms with Crippen molar-refractivity contribution in [1.29, 1.82) is 0 Å². The molecule has 0 radical (unpaired) electrons. The molecule has 156 valence electrons. The van der Waals surface area contributed by atoms with Gasteiger partial charge in [-0.15, -0.1) is 0 Å². The van der Waals surface area contributed by atoms with E-state index in [-0.39, 0.29) is 23.0 Å². The third-order valence-corrected chi connectivity index (χ3v) is 6.37. The summed E-state index contributed by atoms with van der Waals surface area (Å²) in [6.45, 7) is 8.72. The number of amides is 1. The number of ether oxygens (including phenoxy) is 1. The van der Waals surface area contributed by atoms with Crippen LogP contribution in [0.2, 0.25) is 0 Å². The van der Waals surface area contributed by atoms with E-state index in [0.717, 1.165) is 6.42 Å². The van der Waals surface area contributed by atoms with Crippen LogP contribution in [-0.4, -0.2) is 27.9 Å². The Morgan fingerprint density at radius 3 is 2.48 bits per heavy atom. The lowest BCUT2D eigenvalue weighted by atomic mass is 9.88. The zero-order chi connectivity index (χ0) is 21.4. The number of rotatable bonds is 8. The average Bonchev–Trinajstić information content (AvgIpc) is 2.65. The SMILES string of the molecule is CC(COC(=O)Nc1ccc(CC(C)(C)C)cc1)SSc1ccc([N+](=O)[O-])cn1. The number of benzene rings is 1. The van der Waals surface area contributed by atoms with Gasteiger partial charge in [-0.05, 0) is 53.3 Å². The van der Waals surface area contributed by atoms with Crippen LogP contribution in [0.15, 0.2) is 47.6 Å². The Morgan fingerprint density at radius 1 is 1.24 bits per heavy atom. The molecule has 0 spiro atoms. The number of nitrogens with one attached hydrogen (secondary N) is 1. The van der Waals surface area contributed by atoms with Gasteiger partial charge in [0.25, 0.3) is 5.69 Å².